The van der Waals surface area contributed by atoms with Crippen molar-refractivity contribution in [2.45, 2.75) is 75.5 Å². The van der Waals surface area contributed by atoms with Crippen molar-refractivity contribution in [3.8, 4) is 0 Å². The molecule has 39 heavy (non-hydrogen) atoms. The number of nitrogens with one attached hydrogen (secondary N) is 2. The zero-order valence-corrected chi connectivity index (χ0v) is 22.6. The number of carbonyl (C=O) groups excluding carboxylic acids is 1. The fraction of sp³-hybridized carbons (Fsp3) is 0.577. The zero-order valence-electron chi connectivity index (χ0n) is 22.6. The highest BCUT2D eigenvalue weighted by Gasteiger charge is 2.47. The van der Waals surface area contributed by atoms with Gasteiger partial charge in [0.25, 0.3) is 5.91 Å². The molecule has 0 saturated carbocycles. The first-order valence-corrected chi connectivity index (χ1v) is 12.9. The molecule has 13 nitrogen and oxygen atoms in total. The van der Waals surface area contributed by atoms with Crippen molar-refractivity contribution in [2.24, 2.45) is 0 Å². The highest BCUT2D eigenvalue weighted by Crippen LogP contribution is 2.32. The van der Waals surface area contributed by atoms with Gasteiger partial charge in [0.05, 0.1) is 24.4 Å². The van der Waals surface area contributed by atoms with Crippen molar-refractivity contribution in [1.29, 1.82) is 0 Å². The summed E-state index contributed by atoms with van der Waals surface area (Å²) in [6, 6.07) is 7.86. The van der Waals surface area contributed by atoms with Gasteiger partial charge in [0.2, 0.25) is 0 Å². The minimum Gasteiger partial charge on any atom is -0.390 e. The van der Waals surface area contributed by atoms with Gasteiger partial charge in [-0.05, 0) is 58.3 Å². The average Bonchev–Trinajstić information content (AvgIpc) is 2.88. The Balaban J connectivity index is 1.39. The quantitative estimate of drug-likeness (QED) is 0.316. The van der Waals surface area contributed by atoms with E-state index in [2.05, 4.69) is 15.6 Å². The summed E-state index contributed by atoms with van der Waals surface area (Å²) in [5.74, 6) is -0.333. The maximum atomic E-state index is 12.8. The van der Waals surface area contributed by atoms with Crippen molar-refractivity contribution in [2.75, 3.05) is 31.8 Å². The fourth-order valence-corrected chi connectivity index (χ4v) is 5.10. The monoisotopic (exact) mass is 547 g/mol. The van der Waals surface area contributed by atoms with Crippen LogP contribution in [0, 0.1) is 0 Å². The number of hydrogen-bond acceptors (Lipinski definition) is 11. The minimum absolute atomic E-state index is 0.00135. The second-order valence-corrected chi connectivity index (χ2v) is 10.1. The van der Waals surface area contributed by atoms with Crippen LogP contribution in [0.4, 0.5) is 11.5 Å². The van der Waals surface area contributed by atoms with Gasteiger partial charge in [0, 0.05) is 30.9 Å². The number of rotatable bonds is 7. The third-order valence-electron chi connectivity index (χ3n) is 7.17. The summed E-state index contributed by atoms with van der Waals surface area (Å²) in [5.41, 5.74) is 0.598. The molecule has 2 fully saturated rings. The van der Waals surface area contributed by atoms with Gasteiger partial charge in [0.15, 0.2) is 6.29 Å². The molecule has 0 radical (unpaired) electrons. The number of amides is 1. The molecule has 1 aromatic carbocycles. The van der Waals surface area contributed by atoms with Crippen molar-refractivity contribution >= 4 is 17.4 Å². The second-order valence-electron chi connectivity index (χ2n) is 10.1. The molecular formula is C26H37N5O8. The van der Waals surface area contributed by atoms with E-state index in [9.17, 15) is 24.9 Å². The molecule has 2 saturated heterocycles. The van der Waals surface area contributed by atoms with E-state index in [0.29, 0.717) is 5.56 Å². The molecule has 9 atom stereocenters. The summed E-state index contributed by atoms with van der Waals surface area (Å²) in [4.78, 5) is 31.0. The van der Waals surface area contributed by atoms with Crippen molar-refractivity contribution in [3.63, 3.8) is 0 Å². The Bertz CT molecular complexity index is 1180. The van der Waals surface area contributed by atoms with Gasteiger partial charge in [-0.1, -0.05) is 0 Å². The molecule has 1 amide bonds. The third-order valence-corrected chi connectivity index (χ3v) is 7.17. The lowest BCUT2D eigenvalue weighted by Crippen LogP contribution is -2.63. The van der Waals surface area contributed by atoms with E-state index in [1.165, 1.54) is 16.8 Å². The molecule has 2 aliphatic rings. The lowest BCUT2D eigenvalue weighted by molar-refractivity contribution is -0.322. The van der Waals surface area contributed by atoms with Gasteiger partial charge < -0.3 is 45.1 Å². The van der Waals surface area contributed by atoms with Crippen LogP contribution in [0.25, 0.3) is 0 Å². The van der Waals surface area contributed by atoms with Crippen LogP contribution in [-0.4, -0.2) is 106 Å². The van der Waals surface area contributed by atoms with Crippen molar-refractivity contribution < 1.29 is 34.3 Å². The number of aliphatic hydroxyl groups excluding tert-OH is 3. The molecule has 5 N–H and O–H groups in total. The average molecular weight is 548 g/mol. The van der Waals surface area contributed by atoms with Gasteiger partial charge in [-0.2, -0.15) is 4.98 Å². The van der Waals surface area contributed by atoms with E-state index in [-0.39, 0.29) is 12.2 Å². The molecule has 0 unspecified atom stereocenters. The summed E-state index contributed by atoms with van der Waals surface area (Å²) in [5, 5.41) is 37.6. The summed E-state index contributed by atoms with van der Waals surface area (Å²) < 4.78 is 18.9. The van der Waals surface area contributed by atoms with Crippen LogP contribution < -0.4 is 16.3 Å². The van der Waals surface area contributed by atoms with Gasteiger partial charge in [-0.3, -0.25) is 9.36 Å². The van der Waals surface area contributed by atoms with E-state index in [0.717, 1.165) is 5.69 Å². The molecule has 4 rings (SSSR count). The van der Waals surface area contributed by atoms with Crippen LogP contribution in [0.3, 0.4) is 0 Å². The topological polar surface area (TPSA) is 168 Å². The predicted octanol–water partition coefficient (Wildman–Crippen LogP) is -0.0124. The van der Waals surface area contributed by atoms with E-state index in [4.69, 9.17) is 14.2 Å². The molecule has 0 aliphatic carbocycles. The molecule has 0 spiro atoms. The lowest BCUT2D eigenvalue weighted by atomic mass is 9.95. The number of aliphatic hydroxyl groups is 3. The highest BCUT2D eigenvalue weighted by molar-refractivity contribution is 6.03. The highest BCUT2D eigenvalue weighted by atomic mass is 16.7. The van der Waals surface area contributed by atoms with Gasteiger partial charge in [0.1, 0.15) is 30.4 Å². The Morgan fingerprint density at radius 2 is 1.77 bits per heavy atom. The maximum Gasteiger partial charge on any atom is 0.351 e. The molecule has 1 aromatic heterocycles. The van der Waals surface area contributed by atoms with E-state index >= 15 is 0 Å². The zero-order chi connectivity index (χ0) is 28.4. The van der Waals surface area contributed by atoms with Gasteiger partial charge in [-0.25, -0.2) is 4.79 Å². The predicted molar refractivity (Wildman–Crippen MR) is 141 cm³/mol. The SMILES string of the molecule is CNc1ccc(C(=O)Nc2ccn([C@H]3C[C@@H](O)[C@H](O[C@H]4O[C@H](C)[C@@H](N(C)C)[C@H](O)[C@H]4O)[C@@H](C)O3)c(=O)n2)cc1. The third kappa shape index (κ3) is 6.30. The van der Waals surface area contributed by atoms with Crippen LogP contribution >= 0.6 is 0 Å². The summed E-state index contributed by atoms with van der Waals surface area (Å²) in [6.07, 6.45) is -6.10. The molecular weight excluding hydrogens is 510 g/mol. The number of likely N-dealkylation sites (N-methyl/N-ethyl adjacent to an activating group) is 1. The molecule has 214 valence electrons. The molecule has 13 heteroatoms. The maximum absolute atomic E-state index is 12.8. The van der Waals surface area contributed by atoms with Gasteiger partial charge >= 0.3 is 5.69 Å². The number of ether oxygens (including phenoxy) is 3. The minimum atomic E-state index is -1.33. The van der Waals surface area contributed by atoms with E-state index in [1.54, 1.807) is 64.2 Å². The Kier molecular flexibility index (Phi) is 9.01. The largest absolute Gasteiger partial charge is 0.390 e. The van der Waals surface area contributed by atoms with E-state index in [1.807, 2.05) is 0 Å². The molecule has 0 bridgehead atoms. The number of benzene rings is 1. The van der Waals surface area contributed by atoms with Crippen LogP contribution in [-0.2, 0) is 14.2 Å². The number of carbonyl (C=O) groups is 1. The van der Waals surface area contributed by atoms with Gasteiger partial charge in [-0.15, -0.1) is 0 Å². The molecule has 3 heterocycles. The van der Waals surface area contributed by atoms with Crippen LogP contribution in [0.2, 0.25) is 0 Å². The number of hydrogen-bond donors (Lipinski definition) is 5. The first kappa shape index (κ1) is 29.1. The molecule has 2 aromatic rings. The van der Waals surface area contributed by atoms with Crippen LogP contribution in [0.1, 0.15) is 36.9 Å². The van der Waals surface area contributed by atoms with Crippen molar-refractivity contribution in [1.82, 2.24) is 14.5 Å². The number of aromatic nitrogens is 2. The first-order chi connectivity index (χ1) is 18.5. The van der Waals surface area contributed by atoms with Crippen LogP contribution in [0.5, 0.6) is 0 Å². The lowest BCUT2D eigenvalue weighted by Gasteiger charge is -2.46. The normalized spacial score (nSPS) is 33.1. The number of nitrogens with zero attached hydrogens (tertiary/aromatic N) is 3. The summed E-state index contributed by atoms with van der Waals surface area (Å²) in [7, 11) is 5.34. The number of anilines is 2. The van der Waals surface area contributed by atoms with Crippen LogP contribution in [0.15, 0.2) is 41.3 Å². The summed E-state index contributed by atoms with van der Waals surface area (Å²) >= 11 is 0. The fourth-order valence-electron chi connectivity index (χ4n) is 5.10. The first-order valence-electron chi connectivity index (χ1n) is 12.9. The standard InChI is InChI=1S/C26H37N5O8/c1-13-20(30(4)5)21(33)22(34)25(38-13)39-23-14(2)37-19(12-17(23)32)31-11-10-18(29-26(31)36)28-24(35)15-6-8-16(27-3)9-7-15/h6-11,13-14,17,19-23,25,27,32-34H,12H2,1-5H3,(H,28,29,35,36)/t13-,14-,17-,19-,20-,21+,22-,23-,25-/m1/s1. The Hall–Kier alpha value is -2.91. The molecule has 2 aliphatic heterocycles. The second kappa shape index (κ2) is 12.1. The Morgan fingerprint density at radius 3 is 2.36 bits per heavy atom. The van der Waals surface area contributed by atoms with E-state index < -0.39 is 66.8 Å². The Labute approximate surface area is 226 Å². The smallest absolute Gasteiger partial charge is 0.351 e. The Morgan fingerprint density at radius 1 is 1.08 bits per heavy atom. The van der Waals surface area contributed by atoms with Crippen molar-refractivity contribution in [3.05, 3.63) is 52.6 Å². The summed E-state index contributed by atoms with van der Waals surface area (Å²) in [6.45, 7) is 3.44.